The van der Waals surface area contributed by atoms with Gasteiger partial charge < -0.3 is 14.6 Å². The van der Waals surface area contributed by atoms with E-state index < -0.39 is 10.0 Å². The predicted molar refractivity (Wildman–Crippen MR) is 133 cm³/mol. The van der Waals surface area contributed by atoms with E-state index in [0.29, 0.717) is 6.61 Å². The van der Waals surface area contributed by atoms with Crippen molar-refractivity contribution in [3.63, 3.8) is 0 Å². The van der Waals surface area contributed by atoms with Crippen LogP contribution in [0.5, 0.6) is 5.75 Å². The van der Waals surface area contributed by atoms with E-state index in [4.69, 9.17) is 4.74 Å². The van der Waals surface area contributed by atoms with Gasteiger partial charge in [-0.2, -0.15) is 0 Å². The number of hydrogen-bond donors (Lipinski definition) is 2. The highest BCUT2D eigenvalue weighted by atomic mass is 32.2. The Morgan fingerprint density at radius 2 is 1.88 bits per heavy atom. The van der Waals surface area contributed by atoms with Gasteiger partial charge in [0.15, 0.2) is 5.03 Å². The average molecular weight is 483 g/mol. The first kappa shape index (κ1) is 24.4. The first-order valence-corrected chi connectivity index (χ1v) is 13.1. The van der Waals surface area contributed by atoms with Gasteiger partial charge in [0, 0.05) is 38.3 Å². The largest absolute Gasteiger partial charge is 0.492 e. The Hall–Kier alpha value is -2.68. The maximum absolute atomic E-state index is 12.6. The Bertz CT molecular complexity index is 1220. The third-order valence-corrected chi connectivity index (χ3v) is 7.28. The molecule has 0 saturated carbocycles. The molecule has 34 heavy (non-hydrogen) atoms. The van der Waals surface area contributed by atoms with Crippen LogP contribution < -0.4 is 14.8 Å². The fourth-order valence-electron chi connectivity index (χ4n) is 4.18. The molecule has 2 heterocycles. The number of ether oxygens (including phenoxy) is 1. The third kappa shape index (κ3) is 6.05. The summed E-state index contributed by atoms with van der Waals surface area (Å²) in [7, 11) is -1.94. The third-order valence-electron chi connectivity index (χ3n) is 5.99. The summed E-state index contributed by atoms with van der Waals surface area (Å²) in [6, 6.07) is 16.6. The summed E-state index contributed by atoms with van der Waals surface area (Å²) < 4.78 is 35.7. The predicted octanol–water partition coefficient (Wildman–Crippen LogP) is 3.62. The molecule has 0 fully saturated rings. The molecule has 182 valence electrons. The number of aryl methyl sites for hydroxylation is 1. The van der Waals surface area contributed by atoms with Gasteiger partial charge in [-0.1, -0.05) is 63.2 Å². The van der Waals surface area contributed by atoms with Crippen LogP contribution in [-0.2, 0) is 30.0 Å². The van der Waals surface area contributed by atoms with Crippen molar-refractivity contribution in [1.29, 1.82) is 0 Å². The van der Waals surface area contributed by atoms with Gasteiger partial charge in [-0.15, -0.1) is 0 Å². The molecule has 0 amide bonds. The van der Waals surface area contributed by atoms with E-state index >= 15 is 0 Å². The number of fused-ring (bicyclic) bond motifs is 1. The van der Waals surface area contributed by atoms with Crippen molar-refractivity contribution >= 4 is 10.0 Å². The summed E-state index contributed by atoms with van der Waals surface area (Å²) in [6.07, 6.45) is 3.84. The van der Waals surface area contributed by atoms with Crippen molar-refractivity contribution in [2.24, 2.45) is 12.5 Å². The number of nitrogens with zero attached hydrogens (tertiary/aromatic N) is 2. The van der Waals surface area contributed by atoms with Crippen molar-refractivity contribution in [2.75, 3.05) is 13.2 Å². The summed E-state index contributed by atoms with van der Waals surface area (Å²) in [6.45, 7) is 8.32. The van der Waals surface area contributed by atoms with E-state index in [1.807, 2.05) is 18.2 Å². The molecule has 7 nitrogen and oxygen atoms in total. The zero-order chi connectivity index (χ0) is 24.3. The quantitative estimate of drug-likeness (QED) is 0.512. The summed E-state index contributed by atoms with van der Waals surface area (Å²) in [4.78, 5) is 3.96. The van der Waals surface area contributed by atoms with Gasteiger partial charge >= 0.3 is 0 Å². The molecule has 0 saturated heterocycles. The van der Waals surface area contributed by atoms with Crippen LogP contribution in [0, 0.1) is 5.41 Å². The number of aromatic nitrogens is 2. The van der Waals surface area contributed by atoms with Gasteiger partial charge in [-0.3, -0.25) is 0 Å². The molecule has 3 aromatic rings. The first-order valence-electron chi connectivity index (χ1n) is 11.6. The summed E-state index contributed by atoms with van der Waals surface area (Å²) in [5.74, 6) is 1.08. The molecular formula is C26H34N4O3S. The van der Waals surface area contributed by atoms with Crippen LogP contribution >= 0.6 is 0 Å². The van der Waals surface area contributed by atoms with Gasteiger partial charge in [0.2, 0.25) is 0 Å². The monoisotopic (exact) mass is 482 g/mol. The number of hydrogen-bond acceptors (Lipinski definition) is 5. The Labute approximate surface area is 202 Å². The highest BCUT2D eigenvalue weighted by molar-refractivity contribution is 7.89. The fourth-order valence-corrected chi connectivity index (χ4v) is 5.18. The summed E-state index contributed by atoms with van der Waals surface area (Å²) in [5, 5.41) is 3.74. The molecule has 1 aliphatic heterocycles. The molecule has 0 spiro atoms. The van der Waals surface area contributed by atoms with Crippen molar-refractivity contribution in [1.82, 2.24) is 19.6 Å². The molecule has 2 atom stereocenters. The van der Waals surface area contributed by atoms with Crippen LogP contribution in [0.4, 0.5) is 0 Å². The van der Waals surface area contributed by atoms with Crippen LogP contribution in [0.25, 0.3) is 0 Å². The maximum Gasteiger partial charge on any atom is 0.259 e. The highest BCUT2D eigenvalue weighted by Crippen LogP contribution is 2.37. The number of nitrogens with one attached hydrogen (secondary N) is 2. The lowest BCUT2D eigenvalue weighted by atomic mass is 9.82. The second-order valence-electron chi connectivity index (χ2n) is 10.2. The molecule has 4 rings (SSSR count). The second kappa shape index (κ2) is 9.90. The zero-order valence-corrected chi connectivity index (χ0v) is 21.1. The Balaban J connectivity index is 1.58. The molecule has 1 aliphatic rings. The summed E-state index contributed by atoms with van der Waals surface area (Å²) in [5.41, 5.74) is 3.42. The van der Waals surface area contributed by atoms with Crippen LogP contribution in [0.2, 0.25) is 0 Å². The molecule has 1 aromatic heterocycles. The van der Waals surface area contributed by atoms with Gasteiger partial charge in [0.1, 0.15) is 12.4 Å². The minimum atomic E-state index is -3.68. The number of imidazole rings is 1. The minimum Gasteiger partial charge on any atom is -0.492 e. The van der Waals surface area contributed by atoms with E-state index in [9.17, 15) is 8.42 Å². The van der Waals surface area contributed by atoms with E-state index in [0.717, 1.165) is 29.8 Å². The fraction of sp³-hybridized carbons (Fsp3) is 0.423. The van der Waals surface area contributed by atoms with Crippen LogP contribution in [0.3, 0.4) is 0 Å². The second-order valence-corrected chi connectivity index (χ2v) is 11.9. The van der Waals surface area contributed by atoms with E-state index in [-0.39, 0.29) is 28.9 Å². The molecule has 0 unspecified atom stereocenters. The molecular weight excluding hydrogens is 448 g/mol. The van der Waals surface area contributed by atoms with Gasteiger partial charge in [0.25, 0.3) is 10.0 Å². The van der Waals surface area contributed by atoms with E-state index in [1.165, 1.54) is 18.1 Å². The standard InChI is InChI=1S/C26H34N4O3S/c1-26(2,3)17-27-23-16-33-24-11-10-20(14-29-34(31,32)25-15-30(4)18-28-25)13-22(24)21(23)12-19-8-6-5-7-9-19/h5-11,13,15,18,21,23,27,29H,12,14,16-17H2,1-4H3/t21-,23+/m0/s1. The molecule has 8 heteroatoms. The van der Waals surface area contributed by atoms with Crippen molar-refractivity contribution in [2.45, 2.75) is 50.7 Å². The van der Waals surface area contributed by atoms with E-state index in [2.05, 4.69) is 66.1 Å². The maximum atomic E-state index is 12.6. The van der Waals surface area contributed by atoms with Crippen LogP contribution in [0.1, 0.15) is 43.4 Å². The molecule has 2 aromatic carbocycles. The lowest BCUT2D eigenvalue weighted by Gasteiger charge is -2.36. The Kier molecular flexibility index (Phi) is 7.12. The van der Waals surface area contributed by atoms with Gasteiger partial charge in [-0.05, 0) is 34.6 Å². The molecule has 0 bridgehead atoms. The smallest absolute Gasteiger partial charge is 0.259 e. The summed E-state index contributed by atoms with van der Waals surface area (Å²) >= 11 is 0. The van der Waals surface area contributed by atoms with Crippen molar-refractivity contribution < 1.29 is 13.2 Å². The van der Waals surface area contributed by atoms with Crippen LogP contribution in [-0.4, -0.2) is 37.2 Å². The average Bonchev–Trinajstić information content (AvgIpc) is 3.24. The zero-order valence-electron chi connectivity index (χ0n) is 20.3. The van der Waals surface area contributed by atoms with Crippen LogP contribution in [0.15, 0.2) is 66.1 Å². The molecule has 2 N–H and O–H groups in total. The van der Waals surface area contributed by atoms with E-state index in [1.54, 1.807) is 11.6 Å². The molecule has 0 aliphatic carbocycles. The first-order chi connectivity index (χ1) is 16.1. The minimum absolute atomic E-state index is 0.0182. The number of benzene rings is 2. The van der Waals surface area contributed by atoms with Gasteiger partial charge in [-0.25, -0.2) is 18.1 Å². The lowest BCUT2D eigenvalue weighted by molar-refractivity contribution is 0.198. The topological polar surface area (TPSA) is 85.2 Å². The SMILES string of the molecule is Cn1cnc(S(=O)(=O)NCc2ccc3c(c2)[C@H](Cc2ccccc2)[C@H](NCC(C)(C)C)CO3)c1. The number of sulfonamides is 1. The molecule has 0 radical (unpaired) electrons. The normalized spacial score (nSPS) is 18.4. The van der Waals surface area contributed by atoms with Crippen molar-refractivity contribution in [3.05, 3.63) is 77.7 Å². The number of rotatable bonds is 8. The van der Waals surface area contributed by atoms with Crippen molar-refractivity contribution in [3.8, 4) is 5.75 Å². The Morgan fingerprint density at radius 1 is 1.12 bits per heavy atom. The van der Waals surface area contributed by atoms with Gasteiger partial charge in [0.05, 0.1) is 6.33 Å². The Morgan fingerprint density at radius 3 is 2.56 bits per heavy atom. The highest BCUT2D eigenvalue weighted by Gasteiger charge is 2.32. The lowest BCUT2D eigenvalue weighted by Crippen LogP contribution is -2.46.